The van der Waals surface area contributed by atoms with Crippen LogP contribution in [0, 0.1) is 12.8 Å². The van der Waals surface area contributed by atoms with E-state index in [1.807, 2.05) is 23.2 Å². The van der Waals surface area contributed by atoms with Crippen LogP contribution in [0.5, 0.6) is 0 Å². The van der Waals surface area contributed by atoms with E-state index in [1.165, 1.54) is 6.42 Å². The summed E-state index contributed by atoms with van der Waals surface area (Å²) in [5.74, 6) is 4.17. The number of carbonyl (C=O) groups excluding carboxylic acids is 1. The van der Waals surface area contributed by atoms with Gasteiger partial charge in [0.1, 0.15) is 5.82 Å². The summed E-state index contributed by atoms with van der Waals surface area (Å²) in [6, 6.07) is 6.09. The number of hydrogen-bond donors (Lipinski definition) is 0. The number of amides is 1. The normalized spacial score (nSPS) is 20.5. The zero-order chi connectivity index (χ0) is 20.8. The van der Waals surface area contributed by atoms with Crippen molar-refractivity contribution in [2.24, 2.45) is 5.92 Å². The molecule has 30 heavy (non-hydrogen) atoms. The number of piperidine rings is 1. The molecule has 0 aliphatic carbocycles. The molecule has 2 aliphatic rings. The van der Waals surface area contributed by atoms with Crippen molar-refractivity contribution in [1.29, 1.82) is 0 Å². The molecule has 1 unspecified atom stereocenters. The molecule has 0 N–H and O–H groups in total. The summed E-state index contributed by atoms with van der Waals surface area (Å²) in [6.07, 6.45) is 4.16. The Labute approximate surface area is 182 Å². The first kappa shape index (κ1) is 21.1. The lowest BCUT2D eigenvalue weighted by Gasteiger charge is -2.39. The molecular weight excluding hydrogens is 400 g/mol. The van der Waals surface area contributed by atoms with Crippen molar-refractivity contribution in [2.75, 3.05) is 56.5 Å². The third-order valence-corrected chi connectivity index (χ3v) is 6.67. The Bertz CT molecular complexity index is 809. The first-order valence-corrected chi connectivity index (χ1v) is 11.9. The highest BCUT2D eigenvalue weighted by molar-refractivity contribution is 7.99. The number of thioether (sulfide) groups is 1. The number of anilines is 1. The number of piperazine rings is 1. The van der Waals surface area contributed by atoms with Gasteiger partial charge in [-0.1, -0.05) is 11.2 Å². The second kappa shape index (κ2) is 10.3. The van der Waals surface area contributed by atoms with E-state index in [0.29, 0.717) is 29.1 Å². The van der Waals surface area contributed by atoms with Crippen LogP contribution in [0.3, 0.4) is 0 Å². The maximum absolute atomic E-state index is 12.6. The molecule has 0 bridgehead atoms. The van der Waals surface area contributed by atoms with E-state index >= 15 is 0 Å². The number of likely N-dealkylation sites (tertiary alicyclic amines) is 1. The molecule has 2 aromatic rings. The van der Waals surface area contributed by atoms with Gasteiger partial charge in [0, 0.05) is 58.9 Å². The molecule has 0 radical (unpaired) electrons. The smallest absolute Gasteiger partial charge is 0.232 e. The van der Waals surface area contributed by atoms with E-state index in [9.17, 15) is 4.79 Å². The maximum Gasteiger partial charge on any atom is 0.232 e. The standard InChI is InChI=1S/C21H30N6O2S/c1-17-23-19(24-29-17)15-30-16-21(28)27-8-4-5-18(14-27)13-25-9-11-26(12-10-25)20-6-2-3-7-22-20/h2-3,6-7,18H,4-5,8-16H2,1H3. The Morgan fingerprint density at radius 3 is 2.83 bits per heavy atom. The maximum atomic E-state index is 12.6. The molecule has 2 saturated heterocycles. The third-order valence-electron chi connectivity index (χ3n) is 5.76. The van der Waals surface area contributed by atoms with Gasteiger partial charge in [0.2, 0.25) is 11.8 Å². The molecule has 2 aliphatic heterocycles. The minimum atomic E-state index is 0.227. The lowest BCUT2D eigenvalue weighted by molar-refractivity contribution is -0.130. The summed E-state index contributed by atoms with van der Waals surface area (Å²) in [6.45, 7) is 8.75. The quantitative estimate of drug-likeness (QED) is 0.661. The number of pyridine rings is 1. The van der Waals surface area contributed by atoms with Gasteiger partial charge in [-0.15, -0.1) is 11.8 Å². The lowest BCUT2D eigenvalue weighted by Crippen LogP contribution is -2.50. The molecule has 4 heterocycles. The van der Waals surface area contributed by atoms with Crippen LogP contribution in [0.15, 0.2) is 28.9 Å². The topological polar surface area (TPSA) is 78.6 Å². The van der Waals surface area contributed by atoms with Crippen molar-refractivity contribution in [3.63, 3.8) is 0 Å². The highest BCUT2D eigenvalue weighted by Crippen LogP contribution is 2.21. The van der Waals surface area contributed by atoms with E-state index in [-0.39, 0.29) is 5.91 Å². The Morgan fingerprint density at radius 1 is 1.23 bits per heavy atom. The number of aryl methyl sites for hydroxylation is 1. The fourth-order valence-electron chi connectivity index (χ4n) is 4.23. The fraction of sp³-hybridized carbons (Fsp3) is 0.619. The molecule has 1 amide bonds. The first-order chi connectivity index (χ1) is 14.7. The monoisotopic (exact) mass is 430 g/mol. The van der Waals surface area contributed by atoms with Gasteiger partial charge in [-0.05, 0) is 30.9 Å². The zero-order valence-corrected chi connectivity index (χ0v) is 18.4. The van der Waals surface area contributed by atoms with Crippen molar-refractivity contribution in [2.45, 2.75) is 25.5 Å². The molecule has 2 aromatic heterocycles. The molecule has 8 nitrogen and oxygen atoms in total. The van der Waals surface area contributed by atoms with Crippen LogP contribution in [0.2, 0.25) is 0 Å². The van der Waals surface area contributed by atoms with Crippen molar-refractivity contribution in [3.05, 3.63) is 36.1 Å². The molecule has 0 aromatic carbocycles. The molecule has 2 fully saturated rings. The largest absolute Gasteiger partial charge is 0.354 e. The minimum Gasteiger partial charge on any atom is -0.354 e. The van der Waals surface area contributed by atoms with Gasteiger partial charge in [-0.25, -0.2) is 4.98 Å². The van der Waals surface area contributed by atoms with Crippen molar-refractivity contribution < 1.29 is 9.32 Å². The predicted molar refractivity (Wildman–Crippen MR) is 117 cm³/mol. The van der Waals surface area contributed by atoms with Gasteiger partial charge in [0.25, 0.3) is 0 Å². The molecule has 4 rings (SSSR count). The molecule has 0 saturated carbocycles. The van der Waals surface area contributed by atoms with E-state index in [0.717, 1.165) is 58.1 Å². The fourth-order valence-corrected chi connectivity index (χ4v) is 4.99. The summed E-state index contributed by atoms with van der Waals surface area (Å²) >= 11 is 1.56. The summed E-state index contributed by atoms with van der Waals surface area (Å²) < 4.78 is 4.98. The Kier molecular flexibility index (Phi) is 7.22. The summed E-state index contributed by atoms with van der Waals surface area (Å²) in [5.41, 5.74) is 0. The Hall–Kier alpha value is -2.13. The van der Waals surface area contributed by atoms with Crippen molar-refractivity contribution in [1.82, 2.24) is 24.9 Å². The van der Waals surface area contributed by atoms with Gasteiger partial charge < -0.3 is 14.3 Å². The summed E-state index contributed by atoms with van der Waals surface area (Å²) in [5, 5.41) is 3.88. The van der Waals surface area contributed by atoms with Crippen LogP contribution in [-0.2, 0) is 10.5 Å². The Balaban J connectivity index is 1.18. The molecule has 1 atom stereocenters. The molecule has 162 valence electrons. The van der Waals surface area contributed by atoms with Gasteiger partial charge in [0.15, 0.2) is 5.82 Å². The first-order valence-electron chi connectivity index (χ1n) is 10.7. The van der Waals surface area contributed by atoms with E-state index in [2.05, 4.69) is 31.0 Å². The van der Waals surface area contributed by atoms with Gasteiger partial charge in [0.05, 0.1) is 11.5 Å². The average Bonchev–Trinajstić information content (AvgIpc) is 3.20. The van der Waals surface area contributed by atoms with E-state index < -0.39 is 0 Å². The van der Waals surface area contributed by atoms with E-state index in [4.69, 9.17) is 4.52 Å². The van der Waals surface area contributed by atoms with Crippen molar-refractivity contribution in [3.8, 4) is 0 Å². The predicted octanol–water partition coefficient (Wildman–Crippen LogP) is 2.07. The number of hydrogen-bond acceptors (Lipinski definition) is 8. The minimum absolute atomic E-state index is 0.227. The zero-order valence-electron chi connectivity index (χ0n) is 17.6. The highest BCUT2D eigenvalue weighted by Gasteiger charge is 2.27. The van der Waals surface area contributed by atoms with Gasteiger partial charge in [-0.3, -0.25) is 9.69 Å². The number of carbonyl (C=O) groups is 1. The highest BCUT2D eigenvalue weighted by atomic mass is 32.2. The van der Waals surface area contributed by atoms with Crippen molar-refractivity contribution >= 4 is 23.5 Å². The van der Waals surface area contributed by atoms with Crippen LogP contribution in [0.4, 0.5) is 5.82 Å². The van der Waals surface area contributed by atoms with Gasteiger partial charge >= 0.3 is 0 Å². The lowest BCUT2D eigenvalue weighted by atomic mass is 9.97. The number of nitrogens with zero attached hydrogens (tertiary/aromatic N) is 6. The van der Waals surface area contributed by atoms with Crippen LogP contribution < -0.4 is 4.90 Å². The number of aromatic nitrogens is 3. The number of rotatable bonds is 7. The van der Waals surface area contributed by atoms with Crippen LogP contribution >= 0.6 is 11.8 Å². The summed E-state index contributed by atoms with van der Waals surface area (Å²) in [4.78, 5) is 28.2. The second-order valence-electron chi connectivity index (χ2n) is 8.05. The molecule has 9 heteroatoms. The van der Waals surface area contributed by atoms with Crippen LogP contribution in [-0.4, -0.2) is 82.4 Å². The average molecular weight is 431 g/mol. The van der Waals surface area contributed by atoms with Crippen LogP contribution in [0.1, 0.15) is 24.6 Å². The van der Waals surface area contributed by atoms with Gasteiger partial charge in [-0.2, -0.15) is 4.98 Å². The third kappa shape index (κ3) is 5.72. The summed E-state index contributed by atoms with van der Waals surface area (Å²) in [7, 11) is 0. The SMILES string of the molecule is Cc1nc(CSCC(=O)N2CCCC(CN3CCN(c4ccccn4)CC3)C2)no1. The molecule has 0 spiro atoms. The Morgan fingerprint density at radius 2 is 2.10 bits per heavy atom. The molecular formula is C21H30N6O2S. The van der Waals surface area contributed by atoms with Crippen LogP contribution in [0.25, 0.3) is 0 Å². The van der Waals surface area contributed by atoms with E-state index in [1.54, 1.807) is 18.7 Å². The second-order valence-corrected chi connectivity index (χ2v) is 9.03.